The van der Waals surface area contributed by atoms with Crippen LogP contribution in [0, 0.1) is 29.1 Å². The molecule has 0 heterocycles. The monoisotopic (exact) mass is 208 g/mol. The first-order chi connectivity index (χ1) is 7.09. The molecule has 0 aliphatic heterocycles. The molecule has 0 N–H and O–H groups in total. The maximum Gasteiger partial charge on any atom is -0.0271 e. The molecule has 3 atom stereocenters. The first kappa shape index (κ1) is 11.5. The Hall–Kier alpha value is 0. The van der Waals surface area contributed by atoms with Crippen LogP contribution in [0.4, 0.5) is 0 Å². The molecule has 0 aromatic carbocycles. The summed E-state index contributed by atoms with van der Waals surface area (Å²) in [6.07, 6.45) is 9.00. The van der Waals surface area contributed by atoms with Gasteiger partial charge < -0.3 is 0 Å². The van der Waals surface area contributed by atoms with Gasteiger partial charge in [0.1, 0.15) is 0 Å². The Morgan fingerprint density at radius 2 is 1.87 bits per heavy atom. The van der Waals surface area contributed by atoms with Crippen molar-refractivity contribution in [1.82, 2.24) is 0 Å². The van der Waals surface area contributed by atoms with Crippen LogP contribution in [-0.4, -0.2) is 0 Å². The van der Waals surface area contributed by atoms with Crippen LogP contribution < -0.4 is 0 Å². The molecule has 88 valence electrons. The van der Waals surface area contributed by atoms with Crippen molar-refractivity contribution in [2.24, 2.45) is 29.1 Å². The van der Waals surface area contributed by atoms with Crippen LogP contribution in [0.25, 0.3) is 0 Å². The Labute approximate surface area is 95.8 Å². The molecular formula is C15H28. The summed E-state index contributed by atoms with van der Waals surface area (Å²) in [5, 5.41) is 0. The second-order valence-corrected chi connectivity index (χ2v) is 6.65. The van der Waals surface area contributed by atoms with E-state index >= 15 is 0 Å². The van der Waals surface area contributed by atoms with Crippen molar-refractivity contribution in [2.45, 2.75) is 66.2 Å². The first-order valence-corrected chi connectivity index (χ1v) is 7.09. The molecule has 2 rings (SSSR count). The van der Waals surface area contributed by atoms with Gasteiger partial charge in [0.05, 0.1) is 0 Å². The summed E-state index contributed by atoms with van der Waals surface area (Å²) in [6, 6.07) is 0. The van der Waals surface area contributed by atoms with Gasteiger partial charge >= 0.3 is 0 Å². The predicted octanol–water partition coefficient (Wildman–Crippen LogP) is 4.89. The van der Waals surface area contributed by atoms with Crippen LogP contribution in [0.5, 0.6) is 0 Å². The van der Waals surface area contributed by atoms with Crippen LogP contribution >= 0.6 is 0 Å². The third-order valence-corrected chi connectivity index (χ3v) is 5.22. The molecule has 0 heteroatoms. The molecule has 0 spiro atoms. The van der Waals surface area contributed by atoms with E-state index in [-0.39, 0.29) is 0 Å². The van der Waals surface area contributed by atoms with Crippen molar-refractivity contribution < 1.29 is 0 Å². The summed E-state index contributed by atoms with van der Waals surface area (Å²) >= 11 is 0. The van der Waals surface area contributed by atoms with Gasteiger partial charge in [0.2, 0.25) is 0 Å². The normalized spacial score (nSPS) is 34.2. The highest BCUT2D eigenvalue weighted by atomic mass is 14.5. The van der Waals surface area contributed by atoms with Crippen molar-refractivity contribution in [2.75, 3.05) is 0 Å². The highest BCUT2D eigenvalue weighted by Gasteiger charge is 2.49. The van der Waals surface area contributed by atoms with E-state index in [0.717, 1.165) is 29.1 Å². The average molecular weight is 208 g/mol. The molecule has 15 heavy (non-hydrogen) atoms. The molecule has 2 aliphatic rings. The molecule has 2 saturated carbocycles. The minimum absolute atomic E-state index is 0.780. The lowest BCUT2D eigenvalue weighted by Gasteiger charge is -2.26. The van der Waals surface area contributed by atoms with Crippen LogP contribution in [0.3, 0.4) is 0 Å². The Morgan fingerprint density at radius 1 is 1.27 bits per heavy atom. The molecule has 3 unspecified atom stereocenters. The minimum Gasteiger partial charge on any atom is -0.0654 e. The number of rotatable bonds is 6. The Bertz CT molecular complexity index is 212. The topological polar surface area (TPSA) is 0 Å². The summed E-state index contributed by atoms with van der Waals surface area (Å²) in [5.74, 6) is 4.13. The lowest BCUT2D eigenvalue weighted by molar-refractivity contribution is 0.239. The van der Waals surface area contributed by atoms with Crippen molar-refractivity contribution >= 4 is 0 Å². The molecule has 0 aromatic heterocycles. The Kier molecular flexibility index (Phi) is 3.14. The third kappa shape index (κ3) is 2.40. The van der Waals surface area contributed by atoms with Gasteiger partial charge in [0.25, 0.3) is 0 Å². The van der Waals surface area contributed by atoms with Gasteiger partial charge in [-0.3, -0.25) is 0 Å². The number of hydrogen-bond acceptors (Lipinski definition) is 0. The highest BCUT2D eigenvalue weighted by molar-refractivity contribution is 5.00. The Balaban J connectivity index is 1.89. The quantitative estimate of drug-likeness (QED) is 0.583. The van der Waals surface area contributed by atoms with Gasteiger partial charge in [-0.25, -0.2) is 0 Å². The summed E-state index contributed by atoms with van der Waals surface area (Å²) in [5.41, 5.74) is 0.780. The maximum atomic E-state index is 2.45. The highest BCUT2D eigenvalue weighted by Crippen LogP contribution is 2.60. The van der Waals surface area contributed by atoms with E-state index in [0.29, 0.717) is 0 Å². The van der Waals surface area contributed by atoms with Crippen LogP contribution in [0.15, 0.2) is 0 Å². The third-order valence-electron chi connectivity index (χ3n) is 5.22. The van der Waals surface area contributed by atoms with Gasteiger partial charge in [-0.05, 0) is 54.8 Å². The van der Waals surface area contributed by atoms with Crippen molar-refractivity contribution in [3.8, 4) is 0 Å². The first-order valence-electron chi connectivity index (χ1n) is 7.09. The zero-order chi connectivity index (χ0) is 11.1. The van der Waals surface area contributed by atoms with E-state index in [2.05, 4.69) is 27.7 Å². The van der Waals surface area contributed by atoms with Crippen molar-refractivity contribution in [1.29, 1.82) is 0 Å². The summed E-state index contributed by atoms with van der Waals surface area (Å²) in [4.78, 5) is 0. The van der Waals surface area contributed by atoms with Gasteiger partial charge in [0, 0.05) is 0 Å². The minimum atomic E-state index is 0.780. The van der Waals surface area contributed by atoms with Gasteiger partial charge in [0.15, 0.2) is 0 Å². The summed E-state index contributed by atoms with van der Waals surface area (Å²) in [6.45, 7) is 9.68. The van der Waals surface area contributed by atoms with E-state index < -0.39 is 0 Å². The lowest BCUT2D eigenvalue weighted by atomic mass is 9.79. The molecular weight excluding hydrogens is 180 g/mol. The van der Waals surface area contributed by atoms with Crippen molar-refractivity contribution in [3.05, 3.63) is 0 Å². The number of hydrogen-bond donors (Lipinski definition) is 0. The summed E-state index contributed by atoms with van der Waals surface area (Å²) < 4.78 is 0. The molecule has 0 saturated heterocycles. The SMILES string of the molecule is CCCC(CC1(C(C)C)CC1)C1CC1C. The molecule has 0 radical (unpaired) electrons. The van der Waals surface area contributed by atoms with E-state index in [4.69, 9.17) is 0 Å². The van der Waals surface area contributed by atoms with E-state index in [1.54, 1.807) is 6.42 Å². The standard InChI is InChI=1S/C15H28/c1-5-6-13(14-9-12(14)4)10-15(7-8-15)11(2)3/h11-14H,5-10H2,1-4H3. The zero-order valence-corrected chi connectivity index (χ0v) is 11.1. The fraction of sp³-hybridized carbons (Fsp3) is 1.00. The fourth-order valence-corrected chi connectivity index (χ4v) is 3.55. The molecule has 0 nitrogen and oxygen atoms in total. The molecule has 0 amide bonds. The second kappa shape index (κ2) is 4.11. The van der Waals surface area contributed by atoms with Gasteiger partial charge in [-0.2, -0.15) is 0 Å². The average Bonchev–Trinajstić information content (AvgIpc) is 3.02. The van der Waals surface area contributed by atoms with Crippen molar-refractivity contribution in [3.63, 3.8) is 0 Å². The Morgan fingerprint density at radius 3 is 2.20 bits per heavy atom. The zero-order valence-electron chi connectivity index (χ0n) is 11.1. The largest absolute Gasteiger partial charge is 0.0654 e. The maximum absolute atomic E-state index is 2.45. The second-order valence-electron chi connectivity index (χ2n) is 6.65. The van der Waals surface area contributed by atoms with E-state index in [1.165, 1.54) is 32.1 Å². The molecule has 0 bridgehead atoms. The molecule has 0 aromatic rings. The molecule has 2 aliphatic carbocycles. The van der Waals surface area contributed by atoms with Crippen LogP contribution in [0.1, 0.15) is 66.2 Å². The van der Waals surface area contributed by atoms with Crippen LogP contribution in [0.2, 0.25) is 0 Å². The smallest absolute Gasteiger partial charge is 0.0271 e. The summed E-state index contributed by atoms with van der Waals surface area (Å²) in [7, 11) is 0. The van der Waals surface area contributed by atoms with E-state index in [9.17, 15) is 0 Å². The van der Waals surface area contributed by atoms with Gasteiger partial charge in [-0.1, -0.05) is 40.5 Å². The predicted molar refractivity (Wildman–Crippen MR) is 66.8 cm³/mol. The molecule has 2 fully saturated rings. The lowest BCUT2D eigenvalue weighted by Crippen LogP contribution is -2.17. The van der Waals surface area contributed by atoms with Crippen LogP contribution in [-0.2, 0) is 0 Å². The van der Waals surface area contributed by atoms with E-state index in [1.807, 2.05) is 0 Å². The van der Waals surface area contributed by atoms with Gasteiger partial charge in [-0.15, -0.1) is 0 Å². The fourth-order valence-electron chi connectivity index (χ4n) is 3.55.